The van der Waals surface area contributed by atoms with Gasteiger partial charge in [-0.15, -0.1) is 5.06 Å². The van der Waals surface area contributed by atoms with Gasteiger partial charge in [0.25, 0.3) is 0 Å². The lowest BCUT2D eigenvalue weighted by atomic mass is 10.2. The fourth-order valence-electron chi connectivity index (χ4n) is 2.85. The molecule has 0 saturated heterocycles. The number of nitrogens with one attached hydrogen (secondary N) is 2. The number of carbonyl (C=O) groups excluding carboxylic acids is 2. The molecule has 0 aliphatic rings. The quantitative estimate of drug-likeness (QED) is 0.248. The van der Waals surface area contributed by atoms with Crippen molar-refractivity contribution in [3.05, 3.63) is 58.8 Å². The van der Waals surface area contributed by atoms with Gasteiger partial charge in [-0.3, -0.25) is 0 Å². The molecule has 2 aromatic carbocycles. The van der Waals surface area contributed by atoms with Crippen LogP contribution in [0.25, 0.3) is 0 Å². The number of rotatable bonds is 6. The monoisotopic (exact) mass is 623 g/mol. The fourth-order valence-corrected chi connectivity index (χ4v) is 3.36. The van der Waals surface area contributed by atoms with E-state index in [1.807, 2.05) is 5.32 Å². The molecule has 0 spiro atoms. The van der Waals surface area contributed by atoms with Crippen LogP contribution in [0.3, 0.4) is 0 Å². The Hall–Kier alpha value is -4.28. The Morgan fingerprint density at radius 1 is 1.03 bits per heavy atom. The second-order valence-electron chi connectivity index (χ2n) is 7.23. The number of halogens is 7. The maximum absolute atomic E-state index is 13.0. The van der Waals surface area contributed by atoms with Gasteiger partial charge in [0.2, 0.25) is 5.88 Å². The van der Waals surface area contributed by atoms with Crippen LogP contribution in [-0.4, -0.2) is 42.3 Å². The maximum Gasteiger partial charge on any atom is 0.493 e. The van der Waals surface area contributed by atoms with E-state index in [1.165, 1.54) is 19.5 Å². The van der Waals surface area contributed by atoms with Crippen molar-refractivity contribution in [1.82, 2.24) is 9.97 Å². The molecule has 0 radical (unpaired) electrons. The molecule has 0 bridgehead atoms. The molecule has 39 heavy (non-hydrogen) atoms. The van der Waals surface area contributed by atoms with Gasteiger partial charge in [-0.2, -0.15) is 26.3 Å². The third-order valence-corrected chi connectivity index (χ3v) is 5.17. The summed E-state index contributed by atoms with van der Waals surface area (Å²) >= 11 is 3.14. The van der Waals surface area contributed by atoms with Crippen molar-refractivity contribution in [2.75, 3.05) is 29.9 Å². The second kappa shape index (κ2) is 11.6. The van der Waals surface area contributed by atoms with Gasteiger partial charge < -0.3 is 24.9 Å². The van der Waals surface area contributed by atoms with Crippen molar-refractivity contribution in [1.29, 1.82) is 0 Å². The number of ether oxygens (including phenoxy) is 2. The molecule has 17 heteroatoms. The molecule has 10 nitrogen and oxygen atoms in total. The van der Waals surface area contributed by atoms with Gasteiger partial charge in [0.05, 0.1) is 22.8 Å². The summed E-state index contributed by atoms with van der Waals surface area (Å²) in [6, 6.07) is 5.16. The van der Waals surface area contributed by atoms with Gasteiger partial charge >= 0.3 is 24.4 Å². The Morgan fingerprint density at radius 2 is 1.74 bits per heavy atom. The third kappa shape index (κ3) is 7.40. The van der Waals surface area contributed by atoms with Crippen LogP contribution < -0.4 is 25.2 Å². The number of benzene rings is 2. The van der Waals surface area contributed by atoms with Gasteiger partial charge in [-0.05, 0) is 40.2 Å². The standard InChI is InChI=1S/C22H16BrF6N5O5/c1-30-16-9-17(32-10-31-16)38-18-14(23)7-13(8-15(18)37-2)34(39-19(35)22(27,28)29)20(36)33-12-5-3-4-11(6-12)21(24,25)26/h3-10H,1-2H3,(H,33,36)(H,30,31,32). The highest BCUT2D eigenvalue weighted by atomic mass is 79.9. The lowest BCUT2D eigenvalue weighted by molar-refractivity contribution is -0.199. The topological polar surface area (TPSA) is 115 Å². The molecular formula is C22H16BrF6N5O5. The van der Waals surface area contributed by atoms with Crippen molar-refractivity contribution in [2.45, 2.75) is 12.4 Å². The first-order valence-electron chi connectivity index (χ1n) is 10.4. The average Bonchev–Trinajstić information content (AvgIpc) is 2.87. The minimum Gasteiger partial charge on any atom is -0.493 e. The summed E-state index contributed by atoms with van der Waals surface area (Å²) in [7, 11) is 2.77. The first-order chi connectivity index (χ1) is 18.2. The number of anilines is 3. The van der Waals surface area contributed by atoms with E-state index in [0.29, 0.717) is 11.9 Å². The molecule has 3 rings (SSSR count). The van der Waals surface area contributed by atoms with E-state index in [9.17, 15) is 35.9 Å². The molecule has 0 fully saturated rings. The molecule has 0 atom stereocenters. The summed E-state index contributed by atoms with van der Waals surface area (Å²) in [5, 5.41) is 4.63. The van der Waals surface area contributed by atoms with Gasteiger partial charge in [0.1, 0.15) is 12.1 Å². The number of amides is 2. The molecular weight excluding hydrogens is 608 g/mol. The summed E-state index contributed by atoms with van der Waals surface area (Å²) in [6.07, 6.45) is -9.10. The Bertz CT molecular complexity index is 1370. The van der Waals surface area contributed by atoms with E-state index < -0.39 is 41.3 Å². The van der Waals surface area contributed by atoms with Gasteiger partial charge in [-0.1, -0.05) is 6.07 Å². The smallest absolute Gasteiger partial charge is 0.493 e. The molecule has 0 unspecified atom stereocenters. The van der Waals surface area contributed by atoms with Crippen LogP contribution >= 0.6 is 15.9 Å². The molecule has 1 aromatic heterocycles. The molecule has 0 aliphatic carbocycles. The van der Waals surface area contributed by atoms with Crippen LogP contribution in [0, 0.1) is 0 Å². The molecule has 0 saturated carbocycles. The minimum absolute atomic E-state index is 0.00129. The summed E-state index contributed by atoms with van der Waals surface area (Å²) in [5.74, 6) is -2.56. The largest absolute Gasteiger partial charge is 0.493 e. The number of nitrogens with zero attached hydrogens (tertiary/aromatic N) is 3. The molecule has 0 aliphatic heterocycles. The summed E-state index contributed by atoms with van der Waals surface area (Å²) in [6.45, 7) is 0. The van der Waals surface area contributed by atoms with E-state index >= 15 is 0 Å². The number of hydrogen-bond acceptors (Lipinski definition) is 8. The van der Waals surface area contributed by atoms with Crippen molar-refractivity contribution in [3.8, 4) is 17.4 Å². The highest BCUT2D eigenvalue weighted by molar-refractivity contribution is 9.10. The Balaban J connectivity index is 2.00. The number of alkyl halides is 6. The Kier molecular flexibility index (Phi) is 8.73. The van der Waals surface area contributed by atoms with Crippen molar-refractivity contribution < 1.29 is 50.2 Å². The van der Waals surface area contributed by atoms with Crippen molar-refractivity contribution in [2.24, 2.45) is 0 Å². The predicted molar refractivity (Wildman–Crippen MR) is 127 cm³/mol. The van der Waals surface area contributed by atoms with E-state index in [-0.39, 0.29) is 26.9 Å². The third-order valence-electron chi connectivity index (χ3n) is 4.58. The van der Waals surface area contributed by atoms with E-state index in [2.05, 4.69) is 36.1 Å². The van der Waals surface area contributed by atoms with Crippen molar-refractivity contribution >= 4 is 45.1 Å². The number of urea groups is 1. The normalized spacial score (nSPS) is 11.4. The number of aromatic nitrogens is 2. The molecule has 2 N–H and O–H groups in total. The molecule has 3 aromatic rings. The highest BCUT2D eigenvalue weighted by Gasteiger charge is 2.44. The van der Waals surface area contributed by atoms with Gasteiger partial charge in [0, 0.05) is 24.9 Å². The van der Waals surface area contributed by atoms with Gasteiger partial charge in [0.15, 0.2) is 11.5 Å². The van der Waals surface area contributed by atoms with Gasteiger partial charge in [-0.25, -0.2) is 19.6 Å². The minimum atomic E-state index is -5.52. The van der Waals surface area contributed by atoms with Crippen LogP contribution in [-0.2, 0) is 15.8 Å². The maximum atomic E-state index is 13.0. The Labute approximate surface area is 224 Å². The SMILES string of the molecule is CNc1cc(Oc2c(Br)cc(N(OC(=O)C(F)(F)F)C(=O)Nc3cccc(C(F)(F)F)c3)cc2OC)ncn1. The van der Waals surface area contributed by atoms with E-state index in [4.69, 9.17) is 9.47 Å². The number of methoxy groups -OCH3 is 1. The number of hydrogen-bond donors (Lipinski definition) is 2. The lowest BCUT2D eigenvalue weighted by Crippen LogP contribution is -2.41. The number of carbonyl (C=O) groups is 2. The van der Waals surface area contributed by atoms with Crippen LogP contribution in [0.1, 0.15) is 5.56 Å². The number of hydroxylamine groups is 1. The zero-order chi connectivity index (χ0) is 29.0. The molecule has 208 valence electrons. The Morgan fingerprint density at radius 3 is 2.36 bits per heavy atom. The zero-order valence-corrected chi connectivity index (χ0v) is 21.2. The predicted octanol–water partition coefficient (Wildman–Crippen LogP) is 6.16. The molecule has 1 heterocycles. The second-order valence-corrected chi connectivity index (χ2v) is 8.09. The highest BCUT2D eigenvalue weighted by Crippen LogP contribution is 2.42. The summed E-state index contributed by atoms with van der Waals surface area (Å²) in [4.78, 5) is 36.6. The van der Waals surface area contributed by atoms with E-state index in [1.54, 1.807) is 7.05 Å². The van der Waals surface area contributed by atoms with Crippen LogP contribution in [0.4, 0.5) is 48.3 Å². The average molecular weight is 624 g/mol. The molecule has 2 amide bonds. The summed E-state index contributed by atoms with van der Waals surface area (Å²) in [5.41, 5.74) is -2.08. The first-order valence-corrected chi connectivity index (χ1v) is 11.1. The summed E-state index contributed by atoms with van der Waals surface area (Å²) < 4.78 is 88.9. The lowest BCUT2D eigenvalue weighted by Gasteiger charge is -2.23. The zero-order valence-electron chi connectivity index (χ0n) is 19.6. The van der Waals surface area contributed by atoms with Crippen LogP contribution in [0.5, 0.6) is 17.4 Å². The van der Waals surface area contributed by atoms with E-state index in [0.717, 1.165) is 30.3 Å². The van der Waals surface area contributed by atoms with Crippen molar-refractivity contribution in [3.63, 3.8) is 0 Å². The fraction of sp³-hybridized carbons (Fsp3) is 0.182. The van der Waals surface area contributed by atoms with Crippen LogP contribution in [0.15, 0.2) is 53.3 Å². The van der Waals surface area contributed by atoms with Crippen LogP contribution in [0.2, 0.25) is 0 Å². The first kappa shape index (κ1) is 29.3.